The van der Waals surface area contributed by atoms with Gasteiger partial charge in [-0.3, -0.25) is 0 Å². The van der Waals surface area contributed by atoms with Crippen LogP contribution in [0.15, 0.2) is 48.5 Å². The largest absolute Gasteiger partial charge is 0.381 e. The van der Waals surface area contributed by atoms with Crippen LogP contribution in [0.5, 0.6) is 0 Å². The van der Waals surface area contributed by atoms with Crippen LogP contribution in [0, 0.1) is 5.82 Å². The summed E-state index contributed by atoms with van der Waals surface area (Å²) in [5.41, 5.74) is 1.38. The zero-order valence-electron chi connectivity index (χ0n) is 11.4. The van der Waals surface area contributed by atoms with Gasteiger partial charge >= 0.3 is 0 Å². The lowest BCUT2D eigenvalue weighted by molar-refractivity contribution is 0.102. The number of rotatable bonds is 4. The van der Waals surface area contributed by atoms with Gasteiger partial charge in [-0.2, -0.15) is 0 Å². The summed E-state index contributed by atoms with van der Waals surface area (Å²) in [6, 6.07) is 14.0. The molecule has 1 nitrogen and oxygen atoms in total. The van der Waals surface area contributed by atoms with Crippen molar-refractivity contribution in [3.8, 4) is 0 Å². The molecule has 0 aliphatic heterocycles. The van der Waals surface area contributed by atoms with E-state index in [0.717, 1.165) is 18.4 Å². The Labute approximate surface area is 113 Å². The maximum Gasteiger partial charge on any atom is 0.123 e. The minimum Gasteiger partial charge on any atom is -0.381 e. The molecule has 0 aliphatic rings. The lowest BCUT2D eigenvalue weighted by Gasteiger charge is -2.25. The van der Waals surface area contributed by atoms with Gasteiger partial charge in [0.25, 0.3) is 0 Å². The Morgan fingerprint density at radius 1 is 1.05 bits per heavy atom. The smallest absolute Gasteiger partial charge is 0.123 e. The van der Waals surface area contributed by atoms with Crippen LogP contribution in [0.4, 0.5) is 4.39 Å². The molecule has 0 spiro atoms. The Balaban J connectivity index is 2.41. The SMILES string of the molecule is CCCc1cccc(C(C)(O)c2cccc(F)c2)c1. The summed E-state index contributed by atoms with van der Waals surface area (Å²) >= 11 is 0. The monoisotopic (exact) mass is 258 g/mol. The summed E-state index contributed by atoms with van der Waals surface area (Å²) in [5, 5.41) is 10.7. The van der Waals surface area contributed by atoms with Gasteiger partial charge < -0.3 is 5.11 Å². The maximum absolute atomic E-state index is 13.3. The predicted molar refractivity (Wildman–Crippen MR) is 75.5 cm³/mol. The van der Waals surface area contributed by atoms with Crippen molar-refractivity contribution >= 4 is 0 Å². The van der Waals surface area contributed by atoms with E-state index < -0.39 is 5.60 Å². The van der Waals surface area contributed by atoms with Gasteiger partial charge in [0.1, 0.15) is 11.4 Å². The molecular weight excluding hydrogens is 239 g/mol. The van der Waals surface area contributed by atoms with Crippen molar-refractivity contribution in [3.05, 3.63) is 71.0 Å². The second-order valence-corrected chi connectivity index (χ2v) is 5.03. The Morgan fingerprint density at radius 2 is 1.68 bits per heavy atom. The molecule has 0 bridgehead atoms. The topological polar surface area (TPSA) is 20.2 Å². The average molecular weight is 258 g/mol. The number of aryl methyl sites for hydroxylation is 1. The van der Waals surface area contributed by atoms with Gasteiger partial charge in [-0.25, -0.2) is 4.39 Å². The summed E-state index contributed by atoms with van der Waals surface area (Å²) in [4.78, 5) is 0. The third kappa shape index (κ3) is 3.02. The number of halogens is 1. The Bertz CT molecular complexity index is 561. The maximum atomic E-state index is 13.3. The molecule has 0 heterocycles. The van der Waals surface area contributed by atoms with E-state index in [-0.39, 0.29) is 5.82 Å². The van der Waals surface area contributed by atoms with Crippen LogP contribution < -0.4 is 0 Å². The summed E-state index contributed by atoms with van der Waals surface area (Å²) < 4.78 is 13.3. The lowest BCUT2D eigenvalue weighted by Crippen LogP contribution is -2.23. The van der Waals surface area contributed by atoms with Crippen molar-refractivity contribution in [2.45, 2.75) is 32.3 Å². The van der Waals surface area contributed by atoms with Crippen LogP contribution in [0.2, 0.25) is 0 Å². The van der Waals surface area contributed by atoms with Crippen LogP contribution >= 0.6 is 0 Å². The fourth-order valence-electron chi connectivity index (χ4n) is 2.28. The molecule has 0 radical (unpaired) electrons. The quantitative estimate of drug-likeness (QED) is 0.877. The third-order valence-electron chi connectivity index (χ3n) is 3.41. The van der Waals surface area contributed by atoms with Gasteiger partial charge in [0.05, 0.1) is 0 Å². The predicted octanol–water partition coefficient (Wildman–Crippen LogP) is 4.03. The number of hydrogen-bond acceptors (Lipinski definition) is 1. The van der Waals surface area contributed by atoms with Crippen molar-refractivity contribution in [1.29, 1.82) is 0 Å². The standard InChI is InChI=1S/C17H19FO/c1-3-6-13-7-4-8-14(11-13)17(2,19)15-9-5-10-16(18)12-15/h4-5,7-12,19H,3,6H2,1-2H3. The van der Waals surface area contributed by atoms with Gasteiger partial charge in [-0.1, -0.05) is 49.7 Å². The van der Waals surface area contributed by atoms with E-state index in [4.69, 9.17) is 0 Å². The molecule has 0 amide bonds. The van der Waals surface area contributed by atoms with Crippen LogP contribution in [-0.2, 0) is 12.0 Å². The van der Waals surface area contributed by atoms with Crippen LogP contribution in [0.25, 0.3) is 0 Å². The molecule has 2 rings (SSSR count). The first-order valence-electron chi connectivity index (χ1n) is 6.62. The molecule has 2 aromatic carbocycles. The highest BCUT2D eigenvalue weighted by atomic mass is 19.1. The molecule has 2 heteroatoms. The van der Waals surface area contributed by atoms with E-state index in [1.54, 1.807) is 19.1 Å². The van der Waals surface area contributed by atoms with Gasteiger partial charge in [-0.15, -0.1) is 0 Å². The van der Waals surface area contributed by atoms with E-state index in [0.29, 0.717) is 5.56 Å². The number of benzene rings is 2. The first-order valence-corrected chi connectivity index (χ1v) is 6.62. The molecule has 2 aromatic rings. The zero-order valence-corrected chi connectivity index (χ0v) is 11.4. The van der Waals surface area contributed by atoms with E-state index in [9.17, 15) is 9.50 Å². The highest BCUT2D eigenvalue weighted by molar-refractivity contribution is 5.37. The second-order valence-electron chi connectivity index (χ2n) is 5.03. The Morgan fingerprint density at radius 3 is 2.32 bits per heavy atom. The first kappa shape index (κ1) is 13.8. The molecule has 1 atom stereocenters. The summed E-state index contributed by atoms with van der Waals surface area (Å²) in [7, 11) is 0. The van der Waals surface area contributed by atoms with Crippen molar-refractivity contribution in [2.75, 3.05) is 0 Å². The highest BCUT2D eigenvalue weighted by Crippen LogP contribution is 2.30. The van der Waals surface area contributed by atoms with Crippen molar-refractivity contribution in [2.24, 2.45) is 0 Å². The van der Waals surface area contributed by atoms with Crippen LogP contribution in [0.1, 0.15) is 37.0 Å². The van der Waals surface area contributed by atoms with E-state index >= 15 is 0 Å². The van der Waals surface area contributed by atoms with E-state index in [2.05, 4.69) is 13.0 Å². The van der Waals surface area contributed by atoms with Crippen molar-refractivity contribution < 1.29 is 9.50 Å². The Kier molecular flexibility index (Phi) is 4.01. The van der Waals surface area contributed by atoms with Crippen LogP contribution in [0.3, 0.4) is 0 Å². The molecule has 0 fully saturated rings. The van der Waals surface area contributed by atoms with Gasteiger partial charge in [-0.05, 0) is 42.2 Å². The van der Waals surface area contributed by atoms with Gasteiger partial charge in [0, 0.05) is 0 Å². The fraction of sp³-hybridized carbons (Fsp3) is 0.294. The molecule has 0 aliphatic carbocycles. The summed E-state index contributed by atoms with van der Waals surface area (Å²) in [5.74, 6) is -0.331. The minimum absolute atomic E-state index is 0.331. The molecular formula is C17H19FO. The third-order valence-corrected chi connectivity index (χ3v) is 3.41. The zero-order chi connectivity index (χ0) is 13.9. The normalized spacial score (nSPS) is 14.1. The lowest BCUT2D eigenvalue weighted by atomic mass is 9.87. The Hall–Kier alpha value is -1.67. The number of hydrogen-bond donors (Lipinski definition) is 1. The molecule has 0 saturated carbocycles. The average Bonchev–Trinajstić information content (AvgIpc) is 2.39. The van der Waals surface area contributed by atoms with Crippen molar-refractivity contribution in [3.63, 3.8) is 0 Å². The minimum atomic E-state index is -1.17. The molecule has 0 aromatic heterocycles. The first-order chi connectivity index (χ1) is 9.04. The van der Waals surface area contributed by atoms with Gasteiger partial charge in [0.2, 0.25) is 0 Å². The van der Waals surface area contributed by atoms with Gasteiger partial charge in [0.15, 0.2) is 0 Å². The molecule has 19 heavy (non-hydrogen) atoms. The molecule has 1 N–H and O–H groups in total. The molecule has 100 valence electrons. The van der Waals surface area contributed by atoms with E-state index in [1.807, 2.05) is 18.2 Å². The van der Waals surface area contributed by atoms with E-state index in [1.165, 1.54) is 17.7 Å². The van der Waals surface area contributed by atoms with Crippen LogP contribution in [-0.4, -0.2) is 5.11 Å². The summed E-state index contributed by atoms with van der Waals surface area (Å²) in [6.07, 6.45) is 2.04. The number of aliphatic hydroxyl groups is 1. The highest BCUT2D eigenvalue weighted by Gasteiger charge is 2.26. The molecule has 0 saturated heterocycles. The second kappa shape index (κ2) is 5.54. The fourth-order valence-corrected chi connectivity index (χ4v) is 2.28. The summed E-state index contributed by atoms with van der Waals surface area (Å²) in [6.45, 7) is 3.82. The molecule has 1 unspecified atom stereocenters. The van der Waals surface area contributed by atoms with Crippen molar-refractivity contribution in [1.82, 2.24) is 0 Å².